The molecule has 0 aliphatic carbocycles. The lowest BCUT2D eigenvalue weighted by Crippen LogP contribution is -2.28. The second-order valence-corrected chi connectivity index (χ2v) is 6.40. The molecule has 1 saturated heterocycles. The van der Waals surface area contributed by atoms with Gasteiger partial charge >= 0.3 is 0 Å². The van der Waals surface area contributed by atoms with Gasteiger partial charge in [0.15, 0.2) is 0 Å². The van der Waals surface area contributed by atoms with Crippen LogP contribution in [0.15, 0.2) is 30.5 Å². The van der Waals surface area contributed by atoms with Crippen LogP contribution >= 0.6 is 0 Å². The van der Waals surface area contributed by atoms with E-state index in [1.165, 1.54) is 25.9 Å². The molecular weight excluding hydrogens is 302 g/mol. The summed E-state index contributed by atoms with van der Waals surface area (Å²) < 4.78 is 7.26. The summed E-state index contributed by atoms with van der Waals surface area (Å²) in [4.78, 5) is 15.0. The van der Waals surface area contributed by atoms with Gasteiger partial charge in [-0.25, -0.2) is 0 Å². The Hall–Kier alpha value is -1.85. The predicted molar refractivity (Wildman–Crippen MR) is 96.4 cm³/mol. The normalized spacial score (nSPS) is 15.2. The molecule has 0 unspecified atom stereocenters. The number of hydrogen-bond acceptors (Lipinski definition) is 3. The highest BCUT2D eigenvalue weighted by molar-refractivity contribution is 6.06. The molecule has 130 valence electrons. The van der Waals surface area contributed by atoms with Gasteiger partial charge in [0.2, 0.25) is 0 Å². The molecule has 1 fully saturated rings. The van der Waals surface area contributed by atoms with Crippen LogP contribution in [0.25, 0.3) is 10.9 Å². The summed E-state index contributed by atoms with van der Waals surface area (Å²) in [5.41, 5.74) is 1.83. The topological polar surface area (TPSA) is 46.5 Å². The highest BCUT2D eigenvalue weighted by Crippen LogP contribution is 2.21. The van der Waals surface area contributed by atoms with Crippen molar-refractivity contribution in [3.63, 3.8) is 0 Å². The number of amides is 1. The number of likely N-dealkylation sites (tertiary alicyclic amines) is 1. The number of hydrogen-bond donors (Lipinski definition) is 1. The van der Waals surface area contributed by atoms with Gasteiger partial charge in [-0.3, -0.25) is 4.79 Å². The highest BCUT2D eigenvalue weighted by Gasteiger charge is 2.15. The molecule has 1 aliphatic heterocycles. The Bertz CT molecular complexity index is 674. The largest absolute Gasteiger partial charge is 0.383 e. The number of rotatable bonds is 8. The second kappa shape index (κ2) is 8.31. The van der Waals surface area contributed by atoms with Gasteiger partial charge in [-0.1, -0.05) is 18.2 Å². The first-order valence-corrected chi connectivity index (χ1v) is 8.87. The lowest BCUT2D eigenvalue weighted by atomic mass is 10.1. The van der Waals surface area contributed by atoms with Crippen LogP contribution in [0.1, 0.15) is 29.6 Å². The van der Waals surface area contributed by atoms with Gasteiger partial charge in [-0.05, 0) is 45.0 Å². The highest BCUT2D eigenvalue weighted by atomic mass is 16.5. The smallest absolute Gasteiger partial charge is 0.253 e. The zero-order chi connectivity index (χ0) is 16.8. The minimum absolute atomic E-state index is 0.0174. The van der Waals surface area contributed by atoms with Gasteiger partial charge in [0.1, 0.15) is 0 Å². The van der Waals surface area contributed by atoms with Crippen LogP contribution in [0.3, 0.4) is 0 Å². The van der Waals surface area contributed by atoms with Crippen LogP contribution in [0.5, 0.6) is 0 Å². The maximum atomic E-state index is 12.6. The molecule has 2 heterocycles. The van der Waals surface area contributed by atoms with E-state index in [1.54, 1.807) is 7.11 Å². The van der Waals surface area contributed by atoms with Crippen LogP contribution < -0.4 is 5.32 Å². The van der Waals surface area contributed by atoms with Gasteiger partial charge < -0.3 is 19.5 Å². The number of methoxy groups -OCH3 is 1. The molecule has 5 nitrogen and oxygen atoms in total. The van der Waals surface area contributed by atoms with Crippen molar-refractivity contribution in [1.29, 1.82) is 0 Å². The van der Waals surface area contributed by atoms with Crippen LogP contribution in [-0.2, 0) is 11.3 Å². The lowest BCUT2D eigenvalue weighted by Gasteiger charge is -2.14. The quantitative estimate of drug-likeness (QED) is 0.757. The minimum atomic E-state index is 0.0174. The maximum absolute atomic E-state index is 12.6. The molecule has 0 bridgehead atoms. The van der Waals surface area contributed by atoms with Crippen molar-refractivity contribution in [3.05, 3.63) is 36.0 Å². The van der Waals surface area contributed by atoms with Crippen molar-refractivity contribution in [2.24, 2.45) is 0 Å². The Labute approximate surface area is 143 Å². The van der Waals surface area contributed by atoms with Gasteiger partial charge in [0, 0.05) is 37.3 Å². The van der Waals surface area contributed by atoms with E-state index in [0.717, 1.165) is 42.5 Å². The van der Waals surface area contributed by atoms with E-state index in [-0.39, 0.29) is 5.91 Å². The number of benzene rings is 1. The third-order valence-corrected chi connectivity index (χ3v) is 4.70. The molecule has 1 aromatic heterocycles. The van der Waals surface area contributed by atoms with Crippen LogP contribution in [-0.4, -0.2) is 55.3 Å². The molecule has 0 spiro atoms. The number of ether oxygens (including phenoxy) is 1. The number of nitrogens with zero attached hydrogens (tertiary/aromatic N) is 2. The summed E-state index contributed by atoms with van der Waals surface area (Å²) in [5.74, 6) is 0.0174. The number of fused-ring (bicyclic) bond motifs is 1. The van der Waals surface area contributed by atoms with E-state index in [9.17, 15) is 4.79 Å². The summed E-state index contributed by atoms with van der Waals surface area (Å²) in [5, 5.41) is 4.08. The molecule has 5 heteroatoms. The molecule has 3 rings (SSSR count). The number of carbonyl (C=O) groups is 1. The van der Waals surface area contributed by atoms with E-state index >= 15 is 0 Å². The van der Waals surface area contributed by atoms with Crippen molar-refractivity contribution >= 4 is 16.8 Å². The molecule has 0 atom stereocenters. The van der Waals surface area contributed by atoms with Crippen molar-refractivity contribution in [1.82, 2.24) is 14.8 Å². The van der Waals surface area contributed by atoms with Crippen LogP contribution in [0.2, 0.25) is 0 Å². The second-order valence-electron chi connectivity index (χ2n) is 6.40. The molecule has 1 N–H and O–H groups in total. The first kappa shape index (κ1) is 17.0. The summed E-state index contributed by atoms with van der Waals surface area (Å²) in [6.07, 6.45) is 5.58. The monoisotopic (exact) mass is 329 g/mol. The Morgan fingerprint density at radius 2 is 2.00 bits per heavy atom. The fourth-order valence-electron chi connectivity index (χ4n) is 3.41. The summed E-state index contributed by atoms with van der Waals surface area (Å²) in [7, 11) is 1.69. The summed E-state index contributed by atoms with van der Waals surface area (Å²) >= 11 is 0. The number of carbonyl (C=O) groups excluding carboxylic acids is 1. The number of aromatic nitrogens is 1. The molecule has 24 heavy (non-hydrogen) atoms. The maximum Gasteiger partial charge on any atom is 0.253 e. The van der Waals surface area contributed by atoms with Crippen molar-refractivity contribution < 1.29 is 9.53 Å². The fourth-order valence-corrected chi connectivity index (χ4v) is 3.41. The number of para-hydroxylation sites is 1. The molecule has 0 saturated carbocycles. The van der Waals surface area contributed by atoms with Gasteiger partial charge in [-0.15, -0.1) is 0 Å². The van der Waals surface area contributed by atoms with Gasteiger partial charge in [0.25, 0.3) is 5.91 Å². The van der Waals surface area contributed by atoms with E-state index in [1.807, 2.05) is 24.4 Å². The molecule has 1 amide bonds. The molecule has 1 aromatic carbocycles. The van der Waals surface area contributed by atoms with Crippen molar-refractivity contribution in [3.8, 4) is 0 Å². The minimum Gasteiger partial charge on any atom is -0.383 e. The third-order valence-electron chi connectivity index (χ3n) is 4.70. The summed E-state index contributed by atoms with van der Waals surface area (Å²) in [6, 6.07) is 8.05. The third kappa shape index (κ3) is 3.97. The van der Waals surface area contributed by atoms with E-state index < -0.39 is 0 Å². The van der Waals surface area contributed by atoms with E-state index in [0.29, 0.717) is 6.61 Å². The first-order valence-electron chi connectivity index (χ1n) is 8.87. The van der Waals surface area contributed by atoms with E-state index in [4.69, 9.17) is 4.74 Å². The molecular formula is C19H27N3O2. The Morgan fingerprint density at radius 1 is 1.21 bits per heavy atom. The molecule has 1 aliphatic rings. The molecule has 0 radical (unpaired) electrons. The summed E-state index contributed by atoms with van der Waals surface area (Å²) in [6.45, 7) is 5.61. The average molecular weight is 329 g/mol. The predicted octanol–water partition coefficient (Wildman–Crippen LogP) is 2.50. The fraction of sp³-hybridized carbons (Fsp3) is 0.526. The standard InChI is InChI=1S/C19H27N3O2/c1-24-14-13-22-15-17(16-7-2-3-8-18(16)22)19(23)20-9-6-12-21-10-4-5-11-21/h2-3,7-8,15H,4-6,9-14H2,1H3,(H,20,23). The number of nitrogens with one attached hydrogen (secondary N) is 1. The van der Waals surface area contributed by atoms with Gasteiger partial charge in [-0.2, -0.15) is 0 Å². The zero-order valence-corrected chi connectivity index (χ0v) is 14.5. The lowest BCUT2D eigenvalue weighted by molar-refractivity contribution is 0.0953. The Morgan fingerprint density at radius 3 is 2.79 bits per heavy atom. The van der Waals surface area contributed by atoms with Crippen LogP contribution in [0.4, 0.5) is 0 Å². The average Bonchev–Trinajstić information content (AvgIpc) is 3.24. The SMILES string of the molecule is COCCn1cc(C(=O)NCCCN2CCCC2)c2ccccc21. The van der Waals surface area contributed by atoms with Crippen molar-refractivity contribution in [2.75, 3.05) is 39.9 Å². The van der Waals surface area contributed by atoms with E-state index in [2.05, 4.69) is 20.9 Å². The Kier molecular flexibility index (Phi) is 5.88. The first-order chi connectivity index (χ1) is 11.8. The Balaban J connectivity index is 1.61. The molecule has 2 aromatic rings. The van der Waals surface area contributed by atoms with Gasteiger partial charge in [0.05, 0.1) is 12.2 Å². The van der Waals surface area contributed by atoms with Crippen LogP contribution in [0, 0.1) is 0 Å². The zero-order valence-electron chi connectivity index (χ0n) is 14.5. The van der Waals surface area contributed by atoms with Crippen molar-refractivity contribution in [2.45, 2.75) is 25.8 Å².